The number of aliphatic hydroxyl groups is 1. The molecule has 0 spiro atoms. The summed E-state index contributed by atoms with van der Waals surface area (Å²) in [5, 5.41) is 11.1. The summed E-state index contributed by atoms with van der Waals surface area (Å²) in [6.45, 7) is 2.80. The summed E-state index contributed by atoms with van der Waals surface area (Å²) in [7, 11) is 1.23. The Kier molecular flexibility index (Phi) is 7.31. The second kappa shape index (κ2) is 10.2. The lowest BCUT2D eigenvalue weighted by molar-refractivity contribution is -0.280. The number of benzene rings is 1. The molecule has 2 heterocycles. The predicted molar refractivity (Wildman–Crippen MR) is 132 cm³/mol. The molecule has 38 heavy (non-hydrogen) atoms. The maximum Gasteiger partial charge on any atom is 0.425 e. The number of methoxy groups -OCH3 is 1. The molecule has 0 bridgehead atoms. The first-order valence-corrected chi connectivity index (χ1v) is 11.8. The molecule has 1 aliphatic rings. The molecule has 0 aliphatic heterocycles. The van der Waals surface area contributed by atoms with E-state index in [9.17, 15) is 27.9 Å². The third kappa shape index (κ3) is 4.77. The van der Waals surface area contributed by atoms with E-state index in [4.69, 9.17) is 16.0 Å². The van der Waals surface area contributed by atoms with E-state index in [2.05, 4.69) is 14.7 Å². The zero-order valence-corrected chi connectivity index (χ0v) is 21.2. The number of rotatable bonds is 6. The lowest BCUT2D eigenvalue weighted by Crippen LogP contribution is -2.46. The normalized spacial score (nSPS) is 18.1. The van der Waals surface area contributed by atoms with Crippen LogP contribution in [0, 0.1) is 5.92 Å². The van der Waals surface area contributed by atoms with Crippen LogP contribution in [0.5, 0.6) is 0 Å². The molecule has 1 N–H and O–H groups in total. The van der Waals surface area contributed by atoms with Crippen LogP contribution in [-0.2, 0) is 15.1 Å². The second-order valence-corrected chi connectivity index (χ2v) is 9.20. The van der Waals surface area contributed by atoms with Crippen molar-refractivity contribution in [1.29, 1.82) is 0 Å². The maximum absolute atomic E-state index is 14.4. The first-order valence-electron chi connectivity index (χ1n) is 11.4. The predicted octanol–water partition coefficient (Wildman–Crippen LogP) is 5.89. The Balaban J connectivity index is 1.69. The van der Waals surface area contributed by atoms with Gasteiger partial charge in [-0.2, -0.15) is 13.2 Å². The largest absolute Gasteiger partial charge is 0.464 e. The standard InChI is InChI=1S/C27H22ClF3N2O5/c1-14-5-4-6-19(23(14)34)24-33-13-22(38-24)26(36,27(29,30)31)15(2)18-9-7-16(11-20(18)28)17-8-10-21(32-12-17)25(35)37-3/h4-15,36H,1-3H3. The van der Waals surface area contributed by atoms with Gasteiger partial charge in [-0.1, -0.05) is 55.8 Å². The van der Waals surface area contributed by atoms with Crippen LogP contribution in [0.3, 0.4) is 0 Å². The van der Waals surface area contributed by atoms with Crippen LogP contribution in [0.25, 0.3) is 16.7 Å². The second-order valence-electron chi connectivity index (χ2n) is 8.79. The fourth-order valence-electron chi connectivity index (χ4n) is 4.16. The Morgan fingerprint density at radius 3 is 2.47 bits per heavy atom. The molecular formula is C27H22ClF3N2O5. The van der Waals surface area contributed by atoms with E-state index in [0.717, 1.165) is 6.20 Å². The zero-order chi connectivity index (χ0) is 27.8. The summed E-state index contributed by atoms with van der Waals surface area (Å²) in [5.41, 5.74) is -2.33. The number of pyridine rings is 1. The first kappa shape index (κ1) is 27.3. The van der Waals surface area contributed by atoms with Crippen molar-refractivity contribution in [3.05, 3.63) is 88.9 Å². The lowest BCUT2D eigenvalue weighted by Gasteiger charge is -2.34. The fourth-order valence-corrected chi connectivity index (χ4v) is 4.50. The van der Waals surface area contributed by atoms with Gasteiger partial charge in [0.1, 0.15) is 5.69 Å². The molecule has 3 atom stereocenters. The van der Waals surface area contributed by atoms with Gasteiger partial charge in [0.15, 0.2) is 11.5 Å². The van der Waals surface area contributed by atoms with Crippen molar-refractivity contribution in [2.45, 2.75) is 31.5 Å². The molecule has 198 valence electrons. The molecule has 0 radical (unpaired) electrons. The monoisotopic (exact) mass is 546 g/mol. The minimum Gasteiger partial charge on any atom is -0.464 e. The highest BCUT2D eigenvalue weighted by Crippen LogP contribution is 2.50. The summed E-state index contributed by atoms with van der Waals surface area (Å²) >= 11 is 6.40. The topological polar surface area (TPSA) is 103 Å². The number of allylic oxidation sites excluding steroid dienone is 4. The van der Waals surface area contributed by atoms with E-state index in [-0.39, 0.29) is 33.5 Å². The molecule has 1 aromatic carbocycles. The number of hydrogen-bond donors (Lipinski definition) is 1. The molecule has 7 nitrogen and oxygen atoms in total. The summed E-state index contributed by atoms with van der Waals surface area (Å²) in [6, 6.07) is 7.36. The zero-order valence-electron chi connectivity index (χ0n) is 20.4. The van der Waals surface area contributed by atoms with Crippen LogP contribution in [0.15, 0.2) is 65.4 Å². The summed E-state index contributed by atoms with van der Waals surface area (Å²) in [5.74, 6) is -4.28. The smallest absolute Gasteiger partial charge is 0.425 e. The van der Waals surface area contributed by atoms with Crippen molar-refractivity contribution in [2.75, 3.05) is 7.11 Å². The van der Waals surface area contributed by atoms with Crippen molar-refractivity contribution in [2.24, 2.45) is 5.92 Å². The van der Waals surface area contributed by atoms with Crippen molar-refractivity contribution >= 4 is 28.9 Å². The molecule has 2 aromatic heterocycles. The van der Waals surface area contributed by atoms with Gasteiger partial charge < -0.3 is 14.3 Å². The number of nitrogens with zero attached hydrogens (tertiary/aromatic N) is 2. The molecule has 4 rings (SSSR count). The minimum atomic E-state index is -5.18. The molecular weight excluding hydrogens is 525 g/mol. The van der Waals surface area contributed by atoms with Crippen molar-refractivity contribution < 1.29 is 37.0 Å². The van der Waals surface area contributed by atoms with E-state index in [1.165, 1.54) is 50.6 Å². The lowest BCUT2D eigenvalue weighted by atomic mass is 9.80. The minimum absolute atomic E-state index is 0.00292. The van der Waals surface area contributed by atoms with Gasteiger partial charge >= 0.3 is 12.1 Å². The summed E-state index contributed by atoms with van der Waals surface area (Å²) in [4.78, 5) is 31.9. The maximum atomic E-state index is 14.4. The number of Topliss-reactive ketones (excluding diaryl/α,β-unsaturated/α-hetero) is 1. The molecule has 0 saturated heterocycles. The Bertz CT molecular complexity index is 1450. The van der Waals surface area contributed by atoms with Gasteiger partial charge in [-0.15, -0.1) is 0 Å². The van der Waals surface area contributed by atoms with Crippen LogP contribution in [0.4, 0.5) is 13.2 Å². The number of carbonyl (C=O) groups is 2. The van der Waals surface area contributed by atoms with Crippen molar-refractivity contribution in [1.82, 2.24) is 9.97 Å². The number of aromatic nitrogens is 2. The van der Waals surface area contributed by atoms with Gasteiger partial charge in [-0.3, -0.25) is 4.79 Å². The average Bonchev–Trinajstić information content (AvgIpc) is 3.38. The molecule has 3 aromatic rings. The van der Waals surface area contributed by atoms with Crippen molar-refractivity contribution in [3.63, 3.8) is 0 Å². The van der Waals surface area contributed by atoms with E-state index < -0.39 is 35.3 Å². The number of hydrogen-bond acceptors (Lipinski definition) is 7. The number of esters is 1. The van der Waals surface area contributed by atoms with E-state index in [1.807, 2.05) is 0 Å². The number of halogens is 4. The van der Waals surface area contributed by atoms with Crippen LogP contribution in [-0.4, -0.2) is 40.1 Å². The molecule has 0 saturated carbocycles. The number of oxazole rings is 1. The quantitative estimate of drug-likeness (QED) is 0.385. The Morgan fingerprint density at radius 2 is 1.87 bits per heavy atom. The van der Waals surface area contributed by atoms with Crippen molar-refractivity contribution in [3.8, 4) is 11.1 Å². The summed E-state index contributed by atoms with van der Waals surface area (Å²) < 4.78 is 53.2. The molecule has 1 aliphatic carbocycles. The number of alkyl halides is 3. The van der Waals surface area contributed by atoms with E-state index >= 15 is 0 Å². The van der Waals surface area contributed by atoms with Gasteiger partial charge in [-0.05, 0) is 29.3 Å². The molecule has 11 heteroatoms. The molecule has 3 unspecified atom stereocenters. The Morgan fingerprint density at radius 1 is 1.16 bits per heavy atom. The SMILES string of the molecule is COC(=O)c1ccc(-c2ccc(C(C)C(O)(c3cnc(C4=CC=CC(C)C4=O)o3)C(F)(F)F)c(Cl)c2)cn1. The summed E-state index contributed by atoms with van der Waals surface area (Å²) in [6.07, 6.45) is 1.61. The third-order valence-corrected chi connectivity index (χ3v) is 6.80. The number of ketones is 1. The molecule has 0 amide bonds. The highest BCUT2D eigenvalue weighted by molar-refractivity contribution is 6.31. The van der Waals surface area contributed by atoms with Crippen LogP contribution in [0.2, 0.25) is 5.02 Å². The highest BCUT2D eigenvalue weighted by atomic mass is 35.5. The number of ether oxygens (including phenoxy) is 1. The Hall–Kier alpha value is -3.76. The Labute approximate surface area is 220 Å². The fraction of sp³-hybridized carbons (Fsp3) is 0.259. The van der Waals surface area contributed by atoms with Gasteiger partial charge in [-0.25, -0.2) is 14.8 Å². The first-order chi connectivity index (χ1) is 17.9. The van der Waals surface area contributed by atoms with Crippen LogP contribution >= 0.6 is 11.6 Å². The third-order valence-electron chi connectivity index (χ3n) is 6.47. The van der Waals surface area contributed by atoms with Gasteiger partial charge in [0, 0.05) is 28.6 Å². The average molecular weight is 547 g/mol. The van der Waals surface area contributed by atoms with Gasteiger partial charge in [0.25, 0.3) is 0 Å². The van der Waals surface area contributed by atoms with E-state index in [1.54, 1.807) is 25.1 Å². The van der Waals surface area contributed by atoms with Gasteiger partial charge in [0.05, 0.1) is 18.9 Å². The van der Waals surface area contributed by atoms with Crippen LogP contribution in [0.1, 0.15) is 47.5 Å². The highest BCUT2D eigenvalue weighted by Gasteiger charge is 2.61. The number of carbonyl (C=O) groups excluding carboxylic acids is 2. The van der Waals surface area contributed by atoms with E-state index in [0.29, 0.717) is 11.1 Å². The van der Waals surface area contributed by atoms with Crippen LogP contribution < -0.4 is 0 Å². The van der Waals surface area contributed by atoms with Gasteiger partial charge in [0.2, 0.25) is 11.5 Å². The molecule has 0 fully saturated rings.